The molecule has 0 amide bonds. The molecular weight excluding hydrogens is 248 g/mol. The van der Waals surface area contributed by atoms with Crippen LogP contribution >= 0.6 is 0 Å². The quantitative estimate of drug-likeness (QED) is 0.862. The van der Waals surface area contributed by atoms with Crippen molar-refractivity contribution >= 4 is 5.69 Å². The van der Waals surface area contributed by atoms with E-state index >= 15 is 0 Å². The number of nitrogens with one attached hydrogen (secondary N) is 1. The zero-order valence-corrected chi connectivity index (χ0v) is 13.1. The molecule has 1 heterocycles. The van der Waals surface area contributed by atoms with Crippen molar-refractivity contribution in [1.82, 2.24) is 5.32 Å². The topological polar surface area (TPSA) is 24.5 Å². The van der Waals surface area contributed by atoms with Gasteiger partial charge in [-0.25, -0.2) is 0 Å². The third-order valence-electron chi connectivity index (χ3n) is 4.20. The third kappa shape index (κ3) is 3.74. The number of benzene rings is 1. The van der Waals surface area contributed by atoms with Crippen LogP contribution in [-0.4, -0.2) is 32.8 Å². The van der Waals surface area contributed by atoms with Crippen molar-refractivity contribution in [3.8, 4) is 0 Å². The first-order valence-corrected chi connectivity index (χ1v) is 7.92. The van der Waals surface area contributed by atoms with E-state index in [0.717, 1.165) is 26.1 Å². The van der Waals surface area contributed by atoms with Crippen molar-refractivity contribution in [1.29, 1.82) is 0 Å². The molecule has 0 aromatic heterocycles. The van der Waals surface area contributed by atoms with E-state index in [9.17, 15) is 0 Å². The molecule has 1 N–H and O–H groups in total. The summed E-state index contributed by atoms with van der Waals surface area (Å²) in [5.74, 6) is 0. The van der Waals surface area contributed by atoms with E-state index in [4.69, 9.17) is 4.74 Å². The second-order valence-electron chi connectivity index (χ2n) is 5.51. The SMILES string of the molecule is CCOC1CCCN(c2ccc(C(CC)NC)cc2)C1. The van der Waals surface area contributed by atoms with Gasteiger partial charge in [-0.05, 0) is 50.9 Å². The molecule has 0 bridgehead atoms. The number of nitrogens with zero attached hydrogens (tertiary/aromatic N) is 1. The second kappa shape index (κ2) is 7.65. The molecular formula is C17H28N2O. The molecule has 1 aromatic carbocycles. The minimum Gasteiger partial charge on any atom is -0.377 e. The first-order chi connectivity index (χ1) is 9.78. The van der Waals surface area contributed by atoms with Crippen LogP contribution < -0.4 is 10.2 Å². The zero-order chi connectivity index (χ0) is 14.4. The van der Waals surface area contributed by atoms with Crippen LogP contribution in [0.25, 0.3) is 0 Å². The molecule has 1 saturated heterocycles. The van der Waals surface area contributed by atoms with Crippen LogP contribution in [0.3, 0.4) is 0 Å². The van der Waals surface area contributed by atoms with E-state index in [1.165, 1.54) is 24.1 Å². The Balaban J connectivity index is 2.02. The van der Waals surface area contributed by atoms with E-state index in [0.29, 0.717) is 12.1 Å². The summed E-state index contributed by atoms with van der Waals surface area (Å²) in [6, 6.07) is 9.48. The molecule has 1 aromatic rings. The van der Waals surface area contributed by atoms with Crippen LogP contribution in [0.2, 0.25) is 0 Å². The highest BCUT2D eigenvalue weighted by Gasteiger charge is 2.20. The monoisotopic (exact) mass is 276 g/mol. The Morgan fingerprint density at radius 1 is 1.30 bits per heavy atom. The largest absolute Gasteiger partial charge is 0.377 e. The Hall–Kier alpha value is -1.06. The molecule has 2 rings (SSSR count). The summed E-state index contributed by atoms with van der Waals surface area (Å²) in [5, 5.41) is 3.36. The standard InChI is InChI=1S/C17H28N2O/c1-4-17(18-3)14-8-10-15(11-9-14)19-12-6-7-16(13-19)20-5-2/h8-11,16-18H,4-7,12-13H2,1-3H3. The van der Waals surface area contributed by atoms with Gasteiger partial charge in [-0.2, -0.15) is 0 Å². The van der Waals surface area contributed by atoms with Gasteiger partial charge >= 0.3 is 0 Å². The van der Waals surface area contributed by atoms with Crippen LogP contribution in [-0.2, 0) is 4.74 Å². The lowest BCUT2D eigenvalue weighted by atomic mass is 10.0. The molecule has 2 unspecified atom stereocenters. The molecule has 20 heavy (non-hydrogen) atoms. The summed E-state index contributed by atoms with van der Waals surface area (Å²) in [6.07, 6.45) is 3.93. The van der Waals surface area contributed by atoms with Gasteiger partial charge in [0.1, 0.15) is 0 Å². The number of hydrogen-bond donors (Lipinski definition) is 1. The highest BCUT2D eigenvalue weighted by molar-refractivity contribution is 5.48. The normalized spacial score (nSPS) is 20.9. The van der Waals surface area contributed by atoms with Crippen LogP contribution in [0.1, 0.15) is 44.7 Å². The van der Waals surface area contributed by atoms with Gasteiger partial charge in [0.05, 0.1) is 6.10 Å². The fourth-order valence-electron chi connectivity index (χ4n) is 3.07. The van der Waals surface area contributed by atoms with E-state index < -0.39 is 0 Å². The maximum atomic E-state index is 5.78. The van der Waals surface area contributed by atoms with Crippen molar-refractivity contribution < 1.29 is 4.74 Å². The Kier molecular flexibility index (Phi) is 5.86. The van der Waals surface area contributed by atoms with Crippen LogP contribution in [0.15, 0.2) is 24.3 Å². The highest BCUT2D eigenvalue weighted by atomic mass is 16.5. The first kappa shape index (κ1) is 15.3. The van der Waals surface area contributed by atoms with Gasteiger partial charge in [-0.3, -0.25) is 0 Å². The van der Waals surface area contributed by atoms with Crippen LogP contribution in [0.4, 0.5) is 5.69 Å². The molecule has 1 aliphatic rings. The second-order valence-corrected chi connectivity index (χ2v) is 5.51. The Morgan fingerprint density at radius 3 is 2.65 bits per heavy atom. The average Bonchev–Trinajstić information content (AvgIpc) is 2.50. The molecule has 0 radical (unpaired) electrons. The smallest absolute Gasteiger partial charge is 0.0750 e. The molecule has 3 heteroatoms. The fraction of sp³-hybridized carbons (Fsp3) is 0.647. The minimum absolute atomic E-state index is 0.397. The zero-order valence-electron chi connectivity index (χ0n) is 13.1. The van der Waals surface area contributed by atoms with Crippen LogP contribution in [0, 0.1) is 0 Å². The first-order valence-electron chi connectivity index (χ1n) is 7.92. The predicted octanol–water partition coefficient (Wildman–Crippen LogP) is 3.36. The van der Waals surface area contributed by atoms with Gasteiger partial charge in [-0.1, -0.05) is 19.1 Å². The fourth-order valence-corrected chi connectivity index (χ4v) is 3.07. The molecule has 0 spiro atoms. The van der Waals surface area contributed by atoms with E-state index in [2.05, 4.69) is 48.3 Å². The Bertz CT molecular complexity index is 384. The number of hydrogen-bond acceptors (Lipinski definition) is 3. The molecule has 0 aliphatic carbocycles. The summed E-state index contributed by atoms with van der Waals surface area (Å²) < 4.78 is 5.78. The summed E-state index contributed by atoms with van der Waals surface area (Å²) in [5.41, 5.74) is 2.70. The summed E-state index contributed by atoms with van der Waals surface area (Å²) in [6.45, 7) is 7.28. The lowest BCUT2D eigenvalue weighted by Gasteiger charge is -2.34. The van der Waals surface area contributed by atoms with E-state index in [1.807, 2.05) is 7.05 Å². The third-order valence-corrected chi connectivity index (χ3v) is 4.20. The summed E-state index contributed by atoms with van der Waals surface area (Å²) in [4.78, 5) is 2.45. The maximum absolute atomic E-state index is 5.78. The Morgan fingerprint density at radius 2 is 2.05 bits per heavy atom. The van der Waals surface area contributed by atoms with Gasteiger partial charge < -0.3 is 15.0 Å². The lowest BCUT2D eigenvalue weighted by Crippen LogP contribution is -2.39. The van der Waals surface area contributed by atoms with E-state index in [1.54, 1.807) is 0 Å². The Labute approximate surface area is 123 Å². The number of ether oxygens (including phenoxy) is 1. The molecule has 112 valence electrons. The van der Waals surface area contributed by atoms with Crippen molar-refractivity contribution in [2.24, 2.45) is 0 Å². The maximum Gasteiger partial charge on any atom is 0.0750 e. The highest BCUT2D eigenvalue weighted by Crippen LogP contribution is 2.24. The molecule has 1 fully saturated rings. The number of anilines is 1. The van der Waals surface area contributed by atoms with Gasteiger partial charge in [0.2, 0.25) is 0 Å². The van der Waals surface area contributed by atoms with Crippen molar-refractivity contribution in [3.05, 3.63) is 29.8 Å². The minimum atomic E-state index is 0.397. The van der Waals surface area contributed by atoms with Gasteiger partial charge in [0.15, 0.2) is 0 Å². The summed E-state index contributed by atoms with van der Waals surface area (Å²) >= 11 is 0. The summed E-state index contributed by atoms with van der Waals surface area (Å²) in [7, 11) is 2.03. The van der Waals surface area contributed by atoms with Crippen molar-refractivity contribution in [2.75, 3.05) is 31.6 Å². The van der Waals surface area contributed by atoms with Crippen molar-refractivity contribution in [2.45, 2.75) is 45.3 Å². The predicted molar refractivity (Wildman–Crippen MR) is 85.4 cm³/mol. The van der Waals surface area contributed by atoms with E-state index in [-0.39, 0.29) is 0 Å². The molecule has 3 nitrogen and oxygen atoms in total. The van der Waals surface area contributed by atoms with Gasteiger partial charge in [0.25, 0.3) is 0 Å². The van der Waals surface area contributed by atoms with Crippen molar-refractivity contribution in [3.63, 3.8) is 0 Å². The van der Waals surface area contributed by atoms with Crippen LogP contribution in [0.5, 0.6) is 0 Å². The van der Waals surface area contributed by atoms with Gasteiger partial charge in [0, 0.05) is 31.4 Å². The lowest BCUT2D eigenvalue weighted by molar-refractivity contribution is 0.0527. The van der Waals surface area contributed by atoms with Gasteiger partial charge in [-0.15, -0.1) is 0 Å². The number of rotatable bonds is 6. The number of piperidine rings is 1. The molecule has 2 atom stereocenters. The molecule has 0 saturated carbocycles. The molecule has 1 aliphatic heterocycles. The average molecular weight is 276 g/mol.